The summed E-state index contributed by atoms with van der Waals surface area (Å²) in [6.07, 6.45) is 9.68. The van der Waals surface area contributed by atoms with Crippen LogP contribution in [0.3, 0.4) is 0 Å². The SMILES string of the molecule is C/C(=N/N=C/c1ccccc1O)C1C=CC=C1. The van der Waals surface area contributed by atoms with Crippen LogP contribution in [0.5, 0.6) is 5.75 Å². The van der Waals surface area contributed by atoms with Crippen LogP contribution >= 0.6 is 0 Å². The standard InChI is InChI=1S/C14H14N2O/c1-11(12-6-2-3-7-12)16-15-10-13-8-4-5-9-14(13)17/h2-10,12,17H,1H3/b15-10+,16-11-. The molecule has 0 saturated carbocycles. The zero-order chi connectivity index (χ0) is 12.1. The van der Waals surface area contributed by atoms with Crippen molar-refractivity contribution in [2.24, 2.45) is 16.1 Å². The molecule has 0 aromatic heterocycles. The van der Waals surface area contributed by atoms with Gasteiger partial charge in [0.1, 0.15) is 5.75 Å². The molecule has 1 aromatic carbocycles. The summed E-state index contributed by atoms with van der Waals surface area (Å²) in [5.74, 6) is 0.460. The van der Waals surface area contributed by atoms with Gasteiger partial charge in [-0.2, -0.15) is 10.2 Å². The second kappa shape index (κ2) is 5.25. The zero-order valence-corrected chi connectivity index (χ0v) is 9.62. The van der Waals surface area contributed by atoms with Gasteiger partial charge in [0.05, 0.1) is 6.21 Å². The number of hydrogen-bond donors (Lipinski definition) is 1. The highest BCUT2D eigenvalue weighted by Crippen LogP contribution is 2.13. The third-order valence-corrected chi connectivity index (χ3v) is 2.58. The molecule has 1 aromatic rings. The van der Waals surface area contributed by atoms with E-state index in [0.29, 0.717) is 5.56 Å². The van der Waals surface area contributed by atoms with Gasteiger partial charge in [-0.15, -0.1) is 0 Å². The molecule has 86 valence electrons. The lowest BCUT2D eigenvalue weighted by atomic mass is 10.1. The highest BCUT2D eigenvalue weighted by molar-refractivity contribution is 5.89. The minimum absolute atomic E-state index is 0.213. The molecule has 1 aliphatic carbocycles. The minimum Gasteiger partial charge on any atom is -0.507 e. The third-order valence-electron chi connectivity index (χ3n) is 2.58. The predicted molar refractivity (Wildman–Crippen MR) is 70.6 cm³/mol. The van der Waals surface area contributed by atoms with Crippen molar-refractivity contribution in [1.82, 2.24) is 0 Å². The second-order valence-corrected chi connectivity index (χ2v) is 3.84. The normalized spacial score (nSPS) is 16.2. The second-order valence-electron chi connectivity index (χ2n) is 3.84. The van der Waals surface area contributed by atoms with E-state index in [1.807, 2.05) is 25.1 Å². The molecule has 0 spiro atoms. The van der Waals surface area contributed by atoms with Crippen LogP contribution in [0, 0.1) is 5.92 Å². The molecular weight excluding hydrogens is 212 g/mol. The van der Waals surface area contributed by atoms with Gasteiger partial charge in [0.2, 0.25) is 0 Å². The number of aromatic hydroxyl groups is 1. The van der Waals surface area contributed by atoms with Crippen molar-refractivity contribution >= 4 is 11.9 Å². The molecule has 0 saturated heterocycles. The van der Waals surface area contributed by atoms with E-state index in [4.69, 9.17) is 0 Å². The first-order valence-electron chi connectivity index (χ1n) is 5.48. The van der Waals surface area contributed by atoms with E-state index in [1.54, 1.807) is 24.4 Å². The van der Waals surface area contributed by atoms with Crippen molar-refractivity contribution in [3.05, 3.63) is 54.1 Å². The van der Waals surface area contributed by atoms with Crippen molar-refractivity contribution in [2.75, 3.05) is 0 Å². The Bertz CT molecular complexity index is 501. The largest absolute Gasteiger partial charge is 0.507 e. The van der Waals surface area contributed by atoms with E-state index in [-0.39, 0.29) is 11.7 Å². The van der Waals surface area contributed by atoms with E-state index in [1.165, 1.54) is 0 Å². The smallest absolute Gasteiger partial charge is 0.124 e. The van der Waals surface area contributed by atoms with Crippen LogP contribution < -0.4 is 0 Å². The lowest BCUT2D eigenvalue weighted by Gasteiger charge is -2.01. The van der Waals surface area contributed by atoms with Crippen LogP contribution in [0.2, 0.25) is 0 Å². The van der Waals surface area contributed by atoms with Gasteiger partial charge >= 0.3 is 0 Å². The van der Waals surface area contributed by atoms with Gasteiger partial charge < -0.3 is 5.11 Å². The molecule has 17 heavy (non-hydrogen) atoms. The summed E-state index contributed by atoms with van der Waals surface area (Å²) in [6, 6.07) is 7.04. The average Bonchev–Trinajstić information content (AvgIpc) is 2.85. The molecular formula is C14H14N2O. The summed E-state index contributed by atoms with van der Waals surface area (Å²) in [5.41, 5.74) is 1.60. The number of phenolic OH excluding ortho intramolecular Hbond substituents is 1. The maximum atomic E-state index is 9.53. The molecule has 0 radical (unpaired) electrons. The van der Waals surface area contributed by atoms with E-state index in [0.717, 1.165) is 5.71 Å². The van der Waals surface area contributed by atoms with Crippen molar-refractivity contribution in [2.45, 2.75) is 6.92 Å². The first-order valence-corrected chi connectivity index (χ1v) is 5.48. The number of benzene rings is 1. The van der Waals surface area contributed by atoms with Crippen LogP contribution in [0.4, 0.5) is 0 Å². The summed E-state index contributed by atoms with van der Waals surface area (Å²) in [5, 5.41) is 17.6. The molecule has 0 amide bonds. The Kier molecular flexibility index (Phi) is 3.50. The lowest BCUT2D eigenvalue weighted by Crippen LogP contribution is -2.02. The number of hydrogen-bond acceptors (Lipinski definition) is 3. The molecule has 0 bridgehead atoms. The summed E-state index contributed by atoms with van der Waals surface area (Å²) in [6.45, 7) is 1.94. The van der Waals surface area contributed by atoms with Crippen LogP contribution in [-0.4, -0.2) is 17.0 Å². The molecule has 3 nitrogen and oxygen atoms in total. The first-order chi connectivity index (χ1) is 8.27. The van der Waals surface area contributed by atoms with Gasteiger partial charge in [-0.05, 0) is 19.1 Å². The Hall–Kier alpha value is -2.16. The topological polar surface area (TPSA) is 45.0 Å². The fourth-order valence-corrected chi connectivity index (χ4v) is 1.56. The van der Waals surface area contributed by atoms with Crippen molar-refractivity contribution in [1.29, 1.82) is 0 Å². The fourth-order valence-electron chi connectivity index (χ4n) is 1.56. The van der Waals surface area contributed by atoms with Gasteiger partial charge in [-0.3, -0.25) is 0 Å². The highest BCUT2D eigenvalue weighted by Gasteiger charge is 2.06. The van der Waals surface area contributed by atoms with E-state index >= 15 is 0 Å². The highest BCUT2D eigenvalue weighted by atomic mass is 16.3. The molecule has 0 heterocycles. The van der Waals surface area contributed by atoms with Gasteiger partial charge in [-0.1, -0.05) is 36.4 Å². The third kappa shape index (κ3) is 2.91. The van der Waals surface area contributed by atoms with Gasteiger partial charge in [0.15, 0.2) is 0 Å². The summed E-state index contributed by atoms with van der Waals surface area (Å²) < 4.78 is 0. The Balaban J connectivity index is 2.07. The lowest BCUT2D eigenvalue weighted by molar-refractivity contribution is 0.474. The monoisotopic (exact) mass is 226 g/mol. The molecule has 1 N–H and O–H groups in total. The summed E-state index contributed by atoms with van der Waals surface area (Å²) >= 11 is 0. The van der Waals surface area contributed by atoms with Crippen molar-refractivity contribution < 1.29 is 5.11 Å². The quantitative estimate of drug-likeness (QED) is 0.625. The molecule has 3 heteroatoms. The molecule has 0 atom stereocenters. The van der Waals surface area contributed by atoms with Crippen LogP contribution in [0.1, 0.15) is 12.5 Å². The van der Waals surface area contributed by atoms with Crippen LogP contribution in [0.15, 0.2) is 58.8 Å². The Morgan fingerprint density at radius 2 is 1.94 bits per heavy atom. The summed E-state index contributed by atoms with van der Waals surface area (Å²) in [4.78, 5) is 0. The van der Waals surface area contributed by atoms with Gasteiger partial charge in [0.25, 0.3) is 0 Å². The van der Waals surface area contributed by atoms with Crippen LogP contribution in [0.25, 0.3) is 0 Å². The number of phenols is 1. The van der Waals surface area contributed by atoms with Gasteiger partial charge in [0, 0.05) is 17.2 Å². The summed E-state index contributed by atoms with van der Waals surface area (Å²) in [7, 11) is 0. The molecule has 2 rings (SSSR count). The van der Waals surface area contributed by atoms with E-state index in [2.05, 4.69) is 22.4 Å². The number of para-hydroxylation sites is 1. The predicted octanol–water partition coefficient (Wildman–Crippen LogP) is 2.93. The molecule has 0 fully saturated rings. The number of allylic oxidation sites excluding steroid dienone is 4. The van der Waals surface area contributed by atoms with Gasteiger partial charge in [-0.25, -0.2) is 0 Å². The minimum atomic E-state index is 0.213. The van der Waals surface area contributed by atoms with E-state index < -0.39 is 0 Å². The van der Waals surface area contributed by atoms with Crippen LogP contribution in [-0.2, 0) is 0 Å². The first kappa shape index (κ1) is 11.3. The van der Waals surface area contributed by atoms with Crippen molar-refractivity contribution in [3.63, 3.8) is 0 Å². The number of rotatable bonds is 3. The Labute approximate surface area is 101 Å². The molecule has 0 unspecified atom stereocenters. The maximum absolute atomic E-state index is 9.53. The van der Waals surface area contributed by atoms with Crippen molar-refractivity contribution in [3.8, 4) is 5.75 Å². The average molecular weight is 226 g/mol. The number of nitrogens with zero attached hydrogens (tertiary/aromatic N) is 2. The zero-order valence-electron chi connectivity index (χ0n) is 9.62. The molecule has 0 aliphatic heterocycles. The maximum Gasteiger partial charge on any atom is 0.124 e. The molecule has 1 aliphatic rings. The Morgan fingerprint density at radius 1 is 1.24 bits per heavy atom. The fraction of sp³-hybridized carbons (Fsp3) is 0.143. The van der Waals surface area contributed by atoms with E-state index in [9.17, 15) is 5.11 Å². The Morgan fingerprint density at radius 3 is 2.65 bits per heavy atom.